The molecule has 0 unspecified atom stereocenters. The number of aromatic amines is 1. The van der Waals surface area contributed by atoms with E-state index in [1.54, 1.807) is 18.3 Å². The molecule has 152 valence electrons. The highest BCUT2D eigenvalue weighted by Crippen LogP contribution is 2.27. The molecule has 0 fully saturated rings. The number of carbonyl (C=O) groups is 1. The van der Waals surface area contributed by atoms with E-state index in [2.05, 4.69) is 30.2 Å². The third-order valence-corrected chi connectivity index (χ3v) is 4.20. The van der Waals surface area contributed by atoms with E-state index >= 15 is 0 Å². The molecule has 10 heteroatoms. The number of amides is 1. The number of nitrogens with zero attached hydrogens (tertiary/aromatic N) is 4. The molecule has 9 nitrogen and oxygen atoms in total. The van der Waals surface area contributed by atoms with Crippen molar-refractivity contribution >= 4 is 22.9 Å². The Bertz CT molecular complexity index is 1210. The van der Waals surface area contributed by atoms with E-state index in [4.69, 9.17) is 9.47 Å². The van der Waals surface area contributed by atoms with Crippen LogP contribution in [0.15, 0.2) is 42.9 Å². The molecule has 2 N–H and O–H groups in total. The van der Waals surface area contributed by atoms with Gasteiger partial charge in [-0.1, -0.05) is 0 Å². The van der Waals surface area contributed by atoms with Gasteiger partial charge in [0.15, 0.2) is 5.82 Å². The average Bonchev–Trinajstić information content (AvgIpc) is 3.19. The molecule has 0 atom stereocenters. The van der Waals surface area contributed by atoms with Gasteiger partial charge in [0.2, 0.25) is 11.8 Å². The lowest BCUT2D eigenvalue weighted by Gasteiger charge is -2.05. The van der Waals surface area contributed by atoms with Crippen molar-refractivity contribution in [3.8, 4) is 22.9 Å². The highest BCUT2D eigenvalue weighted by molar-refractivity contribution is 6.02. The molecule has 0 saturated carbocycles. The molecule has 4 rings (SSSR count). The summed E-state index contributed by atoms with van der Waals surface area (Å²) in [6.45, 7) is 2.38. The maximum absolute atomic E-state index is 14.0. The summed E-state index contributed by atoms with van der Waals surface area (Å²) >= 11 is 0. The minimum atomic E-state index is -0.554. The molecule has 0 aliphatic rings. The Hall–Kier alpha value is -4.08. The highest BCUT2D eigenvalue weighted by atomic mass is 19.1. The highest BCUT2D eigenvalue weighted by Gasteiger charge is 2.16. The molecule has 1 aromatic carbocycles. The van der Waals surface area contributed by atoms with E-state index in [0.717, 1.165) is 0 Å². The van der Waals surface area contributed by atoms with Crippen LogP contribution in [0.2, 0.25) is 0 Å². The van der Waals surface area contributed by atoms with Gasteiger partial charge >= 0.3 is 0 Å². The first kappa shape index (κ1) is 19.2. The molecular formula is C20H17FN6O3. The Morgan fingerprint density at radius 2 is 2.03 bits per heavy atom. The van der Waals surface area contributed by atoms with Gasteiger partial charge in [-0.05, 0) is 25.1 Å². The fourth-order valence-corrected chi connectivity index (χ4v) is 2.82. The summed E-state index contributed by atoms with van der Waals surface area (Å²) < 4.78 is 24.5. The van der Waals surface area contributed by atoms with Crippen molar-refractivity contribution < 1.29 is 18.7 Å². The lowest BCUT2D eigenvalue weighted by Crippen LogP contribution is -2.15. The van der Waals surface area contributed by atoms with Crippen molar-refractivity contribution in [2.75, 3.05) is 19.0 Å². The minimum absolute atomic E-state index is 0.0601. The van der Waals surface area contributed by atoms with Crippen LogP contribution in [-0.2, 0) is 0 Å². The van der Waals surface area contributed by atoms with Crippen molar-refractivity contribution in [2.45, 2.75) is 6.92 Å². The van der Waals surface area contributed by atoms with Gasteiger partial charge in [0.05, 0.1) is 31.8 Å². The Morgan fingerprint density at radius 1 is 1.17 bits per heavy atom. The molecule has 1 amide bonds. The fraction of sp³-hybridized carbons (Fsp3) is 0.150. The quantitative estimate of drug-likeness (QED) is 0.503. The number of anilines is 1. The summed E-state index contributed by atoms with van der Waals surface area (Å²) in [6.07, 6.45) is 4.44. The summed E-state index contributed by atoms with van der Waals surface area (Å²) in [5.41, 5.74) is 1.61. The molecule has 0 bridgehead atoms. The molecule has 0 spiro atoms. The standard InChI is InChI=1S/C20H17FN6O3/c1-3-30-16-7-4-11(8-23-16)13-9-22-10-14(24-13)19(28)27-20-25-17-12(21)5-6-15(29-2)18(17)26-20/h4-10H,3H2,1-2H3,(H2,25,26,27,28). The number of imidazole rings is 1. The number of methoxy groups -OCH3 is 1. The second-order valence-electron chi connectivity index (χ2n) is 6.12. The van der Waals surface area contributed by atoms with E-state index in [1.165, 1.54) is 31.6 Å². The Kier molecular flexibility index (Phi) is 5.21. The van der Waals surface area contributed by atoms with Crippen molar-refractivity contribution in [3.05, 3.63) is 54.4 Å². The van der Waals surface area contributed by atoms with Crippen LogP contribution in [0.1, 0.15) is 17.4 Å². The third-order valence-electron chi connectivity index (χ3n) is 4.20. The van der Waals surface area contributed by atoms with Crippen LogP contribution in [0.4, 0.5) is 10.3 Å². The number of hydrogen-bond donors (Lipinski definition) is 2. The first-order valence-corrected chi connectivity index (χ1v) is 9.04. The second kappa shape index (κ2) is 8.11. The van der Waals surface area contributed by atoms with Crippen molar-refractivity contribution in [1.29, 1.82) is 0 Å². The number of rotatable bonds is 6. The predicted molar refractivity (Wildman–Crippen MR) is 107 cm³/mol. The Morgan fingerprint density at radius 3 is 2.77 bits per heavy atom. The first-order valence-electron chi connectivity index (χ1n) is 9.04. The van der Waals surface area contributed by atoms with Crippen molar-refractivity contribution in [1.82, 2.24) is 24.9 Å². The molecule has 0 aliphatic heterocycles. The number of benzene rings is 1. The van der Waals surface area contributed by atoms with Crippen LogP contribution in [0.5, 0.6) is 11.6 Å². The minimum Gasteiger partial charge on any atom is -0.494 e. The summed E-state index contributed by atoms with van der Waals surface area (Å²) in [7, 11) is 1.46. The van der Waals surface area contributed by atoms with Gasteiger partial charge in [0.25, 0.3) is 5.91 Å². The Labute approximate surface area is 170 Å². The normalized spacial score (nSPS) is 10.8. The summed E-state index contributed by atoms with van der Waals surface area (Å²) in [5.74, 6) is -0.123. The number of aromatic nitrogens is 5. The van der Waals surface area contributed by atoms with Gasteiger partial charge in [0, 0.05) is 17.8 Å². The maximum Gasteiger partial charge on any atom is 0.278 e. The number of nitrogens with one attached hydrogen (secondary N) is 2. The van der Waals surface area contributed by atoms with E-state index in [9.17, 15) is 9.18 Å². The molecule has 0 radical (unpaired) electrons. The van der Waals surface area contributed by atoms with Gasteiger partial charge < -0.3 is 14.5 Å². The number of carbonyl (C=O) groups excluding carboxylic acids is 1. The van der Waals surface area contributed by atoms with Crippen molar-refractivity contribution in [3.63, 3.8) is 0 Å². The summed E-state index contributed by atoms with van der Waals surface area (Å²) in [4.78, 5) is 32.1. The van der Waals surface area contributed by atoms with E-state index in [-0.39, 0.29) is 17.2 Å². The lowest BCUT2D eigenvalue weighted by molar-refractivity contribution is 0.102. The second-order valence-corrected chi connectivity index (χ2v) is 6.12. The molecular weight excluding hydrogens is 391 g/mol. The van der Waals surface area contributed by atoms with Gasteiger partial charge in [-0.2, -0.15) is 0 Å². The van der Waals surface area contributed by atoms with Gasteiger partial charge in [-0.25, -0.2) is 19.3 Å². The van der Waals surface area contributed by atoms with Gasteiger partial charge in [-0.15, -0.1) is 0 Å². The molecule has 30 heavy (non-hydrogen) atoms. The first-order chi connectivity index (χ1) is 14.6. The van der Waals surface area contributed by atoms with E-state index < -0.39 is 11.7 Å². The zero-order chi connectivity index (χ0) is 21.1. The molecule has 0 aliphatic carbocycles. The number of ether oxygens (including phenoxy) is 2. The van der Waals surface area contributed by atoms with Crippen LogP contribution < -0.4 is 14.8 Å². The molecule has 3 heterocycles. The fourth-order valence-electron chi connectivity index (χ4n) is 2.82. The lowest BCUT2D eigenvalue weighted by atomic mass is 10.2. The van der Waals surface area contributed by atoms with E-state index in [0.29, 0.717) is 35.0 Å². The number of pyridine rings is 1. The van der Waals surface area contributed by atoms with Crippen LogP contribution in [-0.4, -0.2) is 44.5 Å². The Balaban J connectivity index is 1.58. The zero-order valence-electron chi connectivity index (χ0n) is 16.1. The summed E-state index contributed by atoms with van der Waals surface area (Å²) in [6, 6.07) is 6.20. The number of fused-ring (bicyclic) bond motifs is 1. The number of hydrogen-bond acceptors (Lipinski definition) is 7. The van der Waals surface area contributed by atoms with Gasteiger partial charge in [-0.3, -0.25) is 15.1 Å². The maximum atomic E-state index is 14.0. The van der Waals surface area contributed by atoms with Crippen LogP contribution in [0, 0.1) is 5.82 Å². The average molecular weight is 408 g/mol. The van der Waals surface area contributed by atoms with Crippen molar-refractivity contribution in [2.24, 2.45) is 0 Å². The topological polar surface area (TPSA) is 115 Å². The molecule has 0 saturated heterocycles. The number of H-pyrrole nitrogens is 1. The third kappa shape index (κ3) is 3.75. The SMILES string of the molecule is CCOc1ccc(-c2cncc(C(=O)Nc3nc4c(F)ccc(OC)c4[nH]3)n2)cn1. The molecule has 3 aromatic heterocycles. The smallest absolute Gasteiger partial charge is 0.278 e. The van der Waals surface area contributed by atoms with Crippen LogP contribution in [0.3, 0.4) is 0 Å². The number of halogens is 1. The monoisotopic (exact) mass is 408 g/mol. The molecule has 4 aromatic rings. The largest absolute Gasteiger partial charge is 0.494 e. The predicted octanol–water partition coefficient (Wildman–Crippen LogP) is 3.21. The van der Waals surface area contributed by atoms with Gasteiger partial charge in [0.1, 0.15) is 22.5 Å². The zero-order valence-corrected chi connectivity index (χ0v) is 16.1. The van der Waals surface area contributed by atoms with E-state index in [1.807, 2.05) is 6.92 Å². The van der Waals surface area contributed by atoms with Crippen LogP contribution in [0.25, 0.3) is 22.3 Å². The van der Waals surface area contributed by atoms with Crippen LogP contribution >= 0.6 is 0 Å². The summed E-state index contributed by atoms with van der Waals surface area (Å²) in [5, 5.41) is 2.56.